The second kappa shape index (κ2) is 7.38. The number of amides is 1. The number of hydrogen-bond donors (Lipinski definition) is 1. The molecule has 1 aliphatic rings. The summed E-state index contributed by atoms with van der Waals surface area (Å²) < 4.78 is 11.0. The molecule has 1 aliphatic heterocycles. The molecule has 5 heteroatoms. The van der Waals surface area contributed by atoms with Gasteiger partial charge in [0, 0.05) is 19.3 Å². The minimum Gasteiger partial charge on any atom is -0.491 e. The van der Waals surface area contributed by atoms with Gasteiger partial charge in [0.1, 0.15) is 11.4 Å². The Morgan fingerprint density at radius 1 is 1.12 bits per heavy atom. The predicted molar refractivity (Wildman–Crippen MR) is 103 cm³/mol. The van der Waals surface area contributed by atoms with Crippen LogP contribution in [0.4, 0.5) is 5.69 Å². The lowest BCUT2D eigenvalue weighted by Crippen LogP contribution is -2.56. The van der Waals surface area contributed by atoms with E-state index < -0.39 is 5.66 Å². The number of para-hydroxylation sites is 1. The van der Waals surface area contributed by atoms with Crippen molar-refractivity contribution in [2.45, 2.75) is 32.5 Å². The first-order valence-corrected chi connectivity index (χ1v) is 8.91. The van der Waals surface area contributed by atoms with Crippen LogP contribution >= 0.6 is 0 Å². The Balaban J connectivity index is 1.99. The molecule has 0 radical (unpaired) electrons. The minimum atomic E-state index is -0.666. The molecule has 138 valence electrons. The molecule has 2 aromatic carbocycles. The third kappa shape index (κ3) is 3.40. The van der Waals surface area contributed by atoms with E-state index in [0.29, 0.717) is 18.7 Å². The first kappa shape index (κ1) is 18.3. The largest absolute Gasteiger partial charge is 0.491 e. The fourth-order valence-corrected chi connectivity index (χ4v) is 3.32. The number of carbonyl (C=O) groups is 1. The number of rotatable bonds is 6. The highest BCUT2D eigenvalue weighted by molar-refractivity contribution is 6.02. The quantitative estimate of drug-likeness (QED) is 0.856. The van der Waals surface area contributed by atoms with E-state index in [9.17, 15) is 4.79 Å². The molecule has 1 amide bonds. The van der Waals surface area contributed by atoms with E-state index in [1.807, 2.05) is 74.2 Å². The van der Waals surface area contributed by atoms with E-state index in [1.54, 1.807) is 7.11 Å². The zero-order valence-corrected chi connectivity index (χ0v) is 15.8. The van der Waals surface area contributed by atoms with Crippen molar-refractivity contribution >= 4 is 11.6 Å². The molecule has 0 saturated carbocycles. The summed E-state index contributed by atoms with van der Waals surface area (Å²) in [5, 5.41) is 3.55. The Hall–Kier alpha value is -2.53. The summed E-state index contributed by atoms with van der Waals surface area (Å²) in [6.07, 6.45) is 0.121. The number of ether oxygens (including phenoxy) is 2. The van der Waals surface area contributed by atoms with Gasteiger partial charge in [-0.25, -0.2) is 0 Å². The van der Waals surface area contributed by atoms with Gasteiger partial charge in [0.15, 0.2) is 0 Å². The molecule has 0 fully saturated rings. The van der Waals surface area contributed by atoms with E-state index in [0.717, 1.165) is 17.0 Å². The van der Waals surface area contributed by atoms with Gasteiger partial charge in [-0.15, -0.1) is 0 Å². The number of benzene rings is 2. The maximum atomic E-state index is 13.1. The number of carbonyl (C=O) groups excluding carboxylic acids is 1. The number of hydrogen-bond acceptors (Lipinski definition) is 4. The van der Waals surface area contributed by atoms with Crippen molar-refractivity contribution in [1.82, 2.24) is 4.90 Å². The Kier molecular flexibility index (Phi) is 5.18. The summed E-state index contributed by atoms with van der Waals surface area (Å²) in [7, 11) is 1.64. The zero-order valence-electron chi connectivity index (χ0n) is 15.8. The van der Waals surface area contributed by atoms with Crippen LogP contribution in [-0.2, 0) is 10.4 Å². The lowest BCUT2D eigenvalue weighted by Gasteiger charge is -2.46. The lowest BCUT2D eigenvalue weighted by atomic mass is 9.93. The third-order valence-electron chi connectivity index (χ3n) is 4.63. The number of nitrogens with zero attached hydrogens (tertiary/aromatic N) is 1. The zero-order chi connectivity index (χ0) is 18.7. The normalized spacial score (nSPS) is 19.3. The van der Waals surface area contributed by atoms with Gasteiger partial charge in [0.25, 0.3) is 5.91 Å². The van der Waals surface area contributed by atoms with E-state index in [-0.39, 0.29) is 12.0 Å². The lowest BCUT2D eigenvalue weighted by molar-refractivity contribution is 0.0438. The molecule has 0 aromatic heterocycles. The van der Waals surface area contributed by atoms with Crippen LogP contribution in [0.5, 0.6) is 5.75 Å². The Labute approximate surface area is 154 Å². The van der Waals surface area contributed by atoms with Gasteiger partial charge in [-0.2, -0.15) is 0 Å². The second-order valence-electron chi connectivity index (χ2n) is 6.88. The molecular weight excluding hydrogens is 328 g/mol. The highest BCUT2D eigenvalue weighted by Crippen LogP contribution is 2.38. The molecule has 1 N–H and O–H groups in total. The number of nitrogens with one attached hydrogen (secondary N) is 1. The van der Waals surface area contributed by atoms with Crippen molar-refractivity contribution < 1.29 is 14.3 Å². The molecular formula is C21H26N2O3. The van der Waals surface area contributed by atoms with Gasteiger partial charge in [-0.05, 0) is 50.6 Å². The van der Waals surface area contributed by atoms with Crippen LogP contribution in [0, 0.1) is 0 Å². The summed E-state index contributed by atoms with van der Waals surface area (Å²) in [6.45, 7) is 6.99. The van der Waals surface area contributed by atoms with Gasteiger partial charge >= 0.3 is 0 Å². The topological polar surface area (TPSA) is 50.8 Å². The van der Waals surface area contributed by atoms with Crippen molar-refractivity contribution in [3.63, 3.8) is 0 Å². The molecule has 0 bridgehead atoms. The summed E-state index contributed by atoms with van der Waals surface area (Å²) in [5.41, 5.74) is 1.85. The fraction of sp³-hybridized carbons (Fsp3) is 0.381. The van der Waals surface area contributed by atoms with Gasteiger partial charge in [0.2, 0.25) is 0 Å². The van der Waals surface area contributed by atoms with Crippen molar-refractivity contribution in [2.75, 3.05) is 25.6 Å². The van der Waals surface area contributed by atoms with Gasteiger partial charge < -0.3 is 19.7 Å². The molecule has 0 aliphatic carbocycles. The predicted octanol–water partition coefficient (Wildman–Crippen LogP) is 3.86. The highest BCUT2D eigenvalue weighted by Gasteiger charge is 2.42. The fourth-order valence-electron chi connectivity index (χ4n) is 3.32. The summed E-state index contributed by atoms with van der Waals surface area (Å²) >= 11 is 0. The average molecular weight is 354 g/mol. The van der Waals surface area contributed by atoms with Crippen LogP contribution < -0.4 is 10.1 Å². The van der Waals surface area contributed by atoms with E-state index in [4.69, 9.17) is 9.47 Å². The Morgan fingerprint density at radius 2 is 1.81 bits per heavy atom. The molecule has 26 heavy (non-hydrogen) atoms. The average Bonchev–Trinajstić information content (AvgIpc) is 2.61. The Morgan fingerprint density at radius 3 is 2.46 bits per heavy atom. The SMILES string of the molecule is COCCN1C(=O)c2ccccc2NC1(C)c1ccc(OC(C)C)cc1. The molecule has 0 spiro atoms. The second-order valence-corrected chi connectivity index (χ2v) is 6.88. The monoisotopic (exact) mass is 354 g/mol. The van der Waals surface area contributed by atoms with Gasteiger partial charge in [-0.3, -0.25) is 4.79 Å². The number of methoxy groups -OCH3 is 1. The molecule has 1 heterocycles. The number of fused-ring (bicyclic) bond motifs is 1. The van der Waals surface area contributed by atoms with Crippen LogP contribution in [0.1, 0.15) is 36.7 Å². The first-order valence-electron chi connectivity index (χ1n) is 8.91. The molecule has 1 unspecified atom stereocenters. The van der Waals surface area contributed by atoms with Crippen molar-refractivity contribution in [1.29, 1.82) is 0 Å². The van der Waals surface area contributed by atoms with Crippen LogP contribution in [0.25, 0.3) is 0 Å². The van der Waals surface area contributed by atoms with Crippen molar-refractivity contribution in [2.24, 2.45) is 0 Å². The maximum Gasteiger partial charge on any atom is 0.258 e. The van der Waals surface area contributed by atoms with Crippen LogP contribution in [0.3, 0.4) is 0 Å². The van der Waals surface area contributed by atoms with E-state index >= 15 is 0 Å². The summed E-state index contributed by atoms with van der Waals surface area (Å²) in [5.74, 6) is 0.819. The molecule has 3 rings (SSSR count). The summed E-state index contributed by atoms with van der Waals surface area (Å²) in [4.78, 5) is 15.0. The summed E-state index contributed by atoms with van der Waals surface area (Å²) in [6, 6.07) is 15.5. The Bertz CT molecular complexity index is 773. The van der Waals surface area contributed by atoms with E-state index in [1.165, 1.54) is 0 Å². The van der Waals surface area contributed by atoms with E-state index in [2.05, 4.69) is 5.32 Å². The van der Waals surface area contributed by atoms with Gasteiger partial charge in [0.05, 0.1) is 18.3 Å². The molecule has 5 nitrogen and oxygen atoms in total. The minimum absolute atomic E-state index is 0.00130. The van der Waals surface area contributed by atoms with Crippen LogP contribution in [0.15, 0.2) is 48.5 Å². The maximum absolute atomic E-state index is 13.1. The smallest absolute Gasteiger partial charge is 0.258 e. The highest BCUT2D eigenvalue weighted by atomic mass is 16.5. The molecule has 1 atom stereocenters. The van der Waals surface area contributed by atoms with Crippen molar-refractivity contribution in [3.05, 3.63) is 59.7 Å². The van der Waals surface area contributed by atoms with Crippen LogP contribution in [0.2, 0.25) is 0 Å². The molecule has 0 saturated heterocycles. The molecule has 2 aromatic rings. The van der Waals surface area contributed by atoms with Crippen LogP contribution in [-0.4, -0.2) is 37.2 Å². The standard InChI is InChI=1S/C21H26N2O3/c1-15(2)26-17-11-9-16(10-12-17)21(3)22-19-8-6-5-7-18(19)20(24)23(21)13-14-25-4/h5-12,15,22H,13-14H2,1-4H3. The first-order chi connectivity index (χ1) is 12.5. The number of anilines is 1. The third-order valence-corrected chi connectivity index (χ3v) is 4.63. The van der Waals surface area contributed by atoms with Gasteiger partial charge in [-0.1, -0.05) is 24.3 Å². The van der Waals surface area contributed by atoms with Crippen molar-refractivity contribution in [3.8, 4) is 5.75 Å².